The summed E-state index contributed by atoms with van der Waals surface area (Å²) in [4.78, 5) is 23.7. The second kappa shape index (κ2) is 7.08. The Morgan fingerprint density at radius 3 is 2.30 bits per heavy atom. The van der Waals surface area contributed by atoms with Crippen LogP contribution in [0.1, 0.15) is 39.7 Å². The number of amides is 1. The molecule has 1 amide bonds. The van der Waals surface area contributed by atoms with Crippen LogP contribution in [0.3, 0.4) is 0 Å². The summed E-state index contributed by atoms with van der Waals surface area (Å²) < 4.78 is 5.20. The molecule has 0 saturated carbocycles. The van der Waals surface area contributed by atoms with Crippen molar-refractivity contribution in [1.29, 1.82) is 0 Å². The Bertz CT molecular complexity index is 449. The van der Waals surface area contributed by atoms with E-state index >= 15 is 0 Å². The predicted octanol–water partition coefficient (Wildman–Crippen LogP) is 3.10. The smallest absolute Gasteiger partial charge is 0.408 e. The summed E-state index contributed by atoms with van der Waals surface area (Å²) in [6.45, 7) is 7.17. The summed E-state index contributed by atoms with van der Waals surface area (Å²) in [5, 5.41) is 2.66. The molecule has 20 heavy (non-hydrogen) atoms. The van der Waals surface area contributed by atoms with Crippen LogP contribution in [0.2, 0.25) is 0 Å². The fraction of sp³-hybridized carbons (Fsp3) is 0.500. The highest BCUT2D eigenvalue weighted by atomic mass is 16.6. The Balaban J connectivity index is 2.70. The minimum Gasteiger partial charge on any atom is -0.444 e. The summed E-state index contributed by atoms with van der Waals surface area (Å²) in [7, 11) is 0. The minimum atomic E-state index is -0.573. The van der Waals surface area contributed by atoms with E-state index in [2.05, 4.69) is 5.32 Å². The maximum atomic E-state index is 11.9. The van der Waals surface area contributed by atoms with Gasteiger partial charge in [0.15, 0.2) is 5.78 Å². The standard InChI is InChI=1S/C16H23NO3/c1-5-14(18)13(11-12-9-7-6-8-10-12)17-15(19)20-16(2,3)4/h6-10,13H,5,11H2,1-4H3,(H,17,19)/t13-/m0/s1. The Hall–Kier alpha value is -1.84. The predicted molar refractivity (Wildman–Crippen MR) is 78.6 cm³/mol. The number of hydrogen-bond acceptors (Lipinski definition) is 3. The molecule has 1 aromatic rings. The van der Waals surface area contributed by atoms with Gasteiger partial charge in [0.2, 0.25) is 0 Å². The lowest BCUT2D eigenvalue weighted by molar-refractivity contribution is -0.120. The minimum absolute atomic E-state index is 0.000266. The van der Waals surface area contributed by atoms with Crippen molar-refractivity contribution in [3.63, 3.8) is 0 Å². The van der Waals surface area contributed by atoms with Crippen LogP contribution in [-0.4, -0.2) is 23.5 Å². The van der Waals surface area contributed by atoms with E-state index in [9.17, 15) is 9.59 Å². The number of ether oxygens (including phenoxy) is 1. The third kappa shape index (κ3) is 5.87. The van der Waals surface area contributed by atoms with Crippen LogP contribution in [0.5, 0.6) is 0 Å². The molecule has 0 aliphatic carbocycles. The number of Topliss-reactive ketones (excluding diaryl/α,β-unsaturated/α-hetero) is 1. The monoisotopic (exact) mass is 277 g/mol. The maximum absolute atomic E-state index is 11.9. The molecule has 0 aromatic heterocycles. The van der Waals surface area contributed by atoms with E-state index in [1.165, 1.54) is 0 Å². The highest BCUT2D eigenvalue weighted by Gasteiger charge is 2.23. The van der Waals surface area contributed by atoms with Gasteiger partial charge in [-0.15, -0.1) is 0 Å². The fourth-order valence-electron chi connectivity index (χ4n) is 1.79. The van der Waals surface area contributed by atoms with Crippen molar-refractivity contribution in [2.75, 3.05) is 0 Å². The molecule has 1 N–H and O–H groups in total. The number of rotatable bonds is 5. The average Bonchev–Trinajstić information content (AvgIpc) is 2.36. The van der Waals surface area contributed by atoms with E-state index < -0.39 is 17.7 Å². The zero-order valence-electron chi connectivity index (χ0n) is 12.6. The molecule has 4 heteroatoms. The van der Waals surface area contributed by atoms with Gasteiger partial charge in [-0.1, -0.05) is 37.3 Å². The first-order valence-electron chi connectivity index (χ1n) is 6.88. The van der Waals surface area contributed by atoms with Crippen LogP contribution in [0.25, 0.3) is 0 Å². The molecule has 0 saturated heterocycles. The zero-order chi connectivity index (χ0) is 15.2. The topological polar surface area (TPSA) is 55.4 Å². The quantitative estimate of drug-likeness (QED) is 0.899. The van der Waals surface area contributed by atoms with Crippen molar-refractivity contribution >= 4 is 11.9 Å². The first-order chi connectivity index (χ1) is 9.31. The number of alkyl carbamates (subject to hydrolysis) is 1. The van der Waals surface area contributed by atoms with Crippen molar-refractivity contribution in [2.45, 2.75) is 52.2 Å². The normalized spacial score (nSPS) is 12.6. The van der Waals surface area contributed by atoms with E-state index in [-0.39, 0.29) is 5.78 Å². The molecule has 0 bridgehead atoms. The lowest BCUT2D eigenvalue weighted by Crippen LogP contribution is -2.44. The summed E-state index contributed by atoms with van der Waals surface area (Å²) in [6, 6.07) is 9.07. The van der Waals surface area contributed by atoms with Gasteiger partial charge in [-0.2, -0.15) is 0 Å². The number of carbonyl (C=O) groups excluding carboxylic acids is 2. The summed E-state index contributed by atoms with van der Waals surface area (Å²) in [5.74, 6) is -0.000266. The van der Waals surface area contributed by atoms with Crippen molar-refractivity contribution < 1.29 is 14.3 Å². The van der Waals surface area contributed by atoms with Gasteiger partial charge in [-0.3, -0.25) is 4.79 Å². The van der Waals surface area contributed by atoms with Crippen LogP contribution < -0.4 is 5.32 Å². The van der Waals surface area contributed by atoms with Crippen molar-refractivity contribution in [1.82, 2.24) is 5.32 Å². The highest BCUT2D eigenvalue weighted by molar-refractivity contribution is 5.87. The van der Waals surface area contributed by atoms with Gasteiger partial charge in [0, 0.05) is 6.42 Å². The summed E-state index contributed by atoms with van der Waals surface area (Å²) >= 11 is 0. The SMILES string of the molecule is CCC(=O)[C@H](Cc1ccccc1)NC(=O)OC(C)(C)C. The van der Waals surface area contributed by atoms with Crippen molar-refractivity contribution in [2.24, 2.45) is 0 Å². The van der Waals surface area contributed by atoms with E-state index in [1.807, 2.05) is 30.3 Å². The first kappa shape index (κ1) is 16.2. The van der Waals surface area contributed by atoms with Gasteiger partial charge in [-0.25, -0.2) is 4.79 Å². The molecule has 0 aliphatic heterocycles. The number of hydrogen-bond donors (Lipinski definition) is 1. The Labute approximate surface area is 120 Å². The maximum Gasteiger partial charge on any atom is 0.408 e. The van der Waals surface area contributed by atoms with E-state index in [1.54, 1.807) is 27.7 Å². The van der Waals surface area contributed by atoms with Crippen LogP contribution in [0.15, 0.2) is 30.3 Å². The number of carbonyl (C=O) groups is 2. The molecule has 0 spiro atoms. The van der Waals surface area contributed by atoms with Gasteiger partial charge in [0.05, 0.1) is 6.04 Å². The molecule has 4 nitrogen and oxygen atoms in total. The molecular weight excluding hydrogens is 254 g/mol. The zero-order valence-corrected chi connectivity index (χ0v) is 12.6. The van der Waals surface area contributed by atoms with E-state index in [0.717, 1.165) is 5.56 Å². The highest BCUT2D eigenvalue weighted by Crippen LogP contribution is 2.09. The summed E-state index contributed by atoms with van der Waals surface area (Å²) in [6.07, 6.45) is 0.306. The lowest BCUT2D eigenvalue weighted by atomic mass is 10.0. The molecule has 110 valence electrons. The first-order valence-corrected chi connectivity index (χ1v) is 6.88. The van der Waals surface area contributed by atoms with Gasteiger partial charge < -0.3 is 10.1 Å². The second-order valence-corrected chi connectivity index (χ2v) is 5.71. The van der Waals surface area contributed by atoms with E-state index in [4.69, 9.17) is 4.74 Å². The van der Waals surface area contributed by atoms with Crippen LogP contribution in [0, 0.1) is 0 Å². The third-order valence-corrected chi connectivity index (χ3v) is 2.71. The van der Waals surface area contributed by atoms with Crippen LogP contribution >= 0.6 is 0 Å². The summed E-state index contributed by atoms with van der Waals surface area (Å²) in [5.41, 5.74) is 0.437. The molecule has 0 radical (unpaired) electrons. The van der Waals surface area contributed by atoms with Gasteiger partial charge in [0.1, 0.15) is 5.60 Å². The fourth-order valence-corrected chi connectivity index (χ4v) is 1.79. The van der Waals surface area contributed by atoms with Crippen molar-refractivity contribution in [3.05, 3.63) is 35.9 Å². The van der Waals surface area contributed by atoms with Crippen LogP contribution in [-0.2, 0) is 16.0 Å². The number of benzene rings is 1. The third-order valence-electron chi connectivity index (χ3n) is 2.71. The average molecular weight is 277 g/mol. The van der Waals surface area contributed by atoms with E-state index in [0.29, 0.717) is 12.8 Å². The Morgan fingerprint density at radius 2 is 1.80 bits per heavy atom. The number of ketones is 1. The molecule has 1 rings (SSSR count). The molecular formula is C16H23NO3. The second-order valence-electron chi connectivity index (χ2n) is 5.71. The van der Waals surface area contributed by atoms with Crippen LogP contribution in [0.4, 0.5) is 4.79 Å². The molecule has 1 aromatic carbocycles. The lowest BCUT2D eigenvalue weighted by Gasteiger charge is -2.23. The Morgan fingerprint density at radius 1 is 1.20 bits per heavy atom. The van der Waals surface area contributed by atoms with Gasteiger partial charge in [0.25, 0.3) is 0 Å². The molecule has 0 unspecified atom stereocenters. The van der Waals surface area contributed by atoms with Gasteiger partial charge >= 0.3 is 6.09 Å². The molecule has 0 aliphatic rings. The largest absolute Gasteiger partial charge is 0.444 e. The molecule has 0 fully saturated rings. The van der Waals surface area contributed by atoms with Crippen molar-refractivity contribution in [3.8, 4) is 0 Å². The van der Waals surface area contributed by atoms with Gasteiger partial charge in [-0.05, 0) is 32.8 Å². The number of nitrogens with one attached hydrogen (secondary N) is 1. The Kier molecular flexibility index (Phi) is 5.74. The molecule has 1 atom stereocenters. The molecule has 0 heterocycles.